The van der Waals surface area contributed by atoms with Crippen LogP contribution in [0, 0.1) is 0 Å². The van der Waals surface area contributed by atoms with Crippen molar-refractivity contribution in [2.24, 2.45) is 0 Å². The molecule has 0 aromatic rings. The van der Waals surface area contributed by atoms with Crippen LogP contribution in [0.25, 0.3) is 0 Å². The highest BCUT2D eigenvalue weighted by atomic mass is 35.7. The van der Waals surface area contributed by atoms with Crippen molar-refractivity contribution in [1.29, 1.82) is 0 Å². The van der Waals surface area contributed by atoms with Crippen molar-refractivity contribution in [3.8, 4) is 0 Å². The van der Waals surface area contributed by atoms with Gasteiger partial charge in [0.05, 0.1) is 0 Å². The second-order valence-electron chi connectivity index (χ2n) is 1.15. The Labute approximate surface area is 106 Å². The number of hydrogen-bond acceptors (Lipinski definition) is 3. The third-order valence-corrected chi connectivity index (χ3v) is 7.97. The molecule has 0 fully saturated rings. The normalized spacial score (nSPS) is 13.6. The fourth-order valence-corrected chi connectivity index (χ4v) is 3.63. The van der Waals surface area contributed by atoms with Gasteiger partial charge in [0.25, 0.3) is 0 Å². The Kier molecular flexibility index (Phi) is 7.04. The predicted molar refractivity (Wildman–Crippen MR) is 63.4 cm³/mol. The number of alkyl halides is 5. The van der Waals surface area contributed by atoms with E-state index in [1.807, 2.05) is 0 Å². The Morgan fingerprint density at radius 1 is 0.818 bits per heavy atom. The minimum absolute atomic E-state index is 0.737. The molecule has 0 aliphatic rings. The third-order valence-electron chi connectivity index (χ3n) is 0.323. The first-order chi connectivity index (χ1) is 4.77. The molecule has 0 spiro atoms. The maximum Gasteiger partial charge on any atom is 0.247 e. The van der Waals surface area contributed by atoms with Crippen LogP contribution < -0.4 is 0 Å². The van der Waals surface area contributed by atoms with Crippen LogP contribution >= 0.6 is 101 Å². The number of rotatable bonds is 3. The van der Waals surface area contributed by atoms with Crippen molar-refractivity contribution < 1.29 is 0 Å². The van der Waals surface area contributed by atoms with Crippen LogP contribution in [0.2, 0.25) is 0 Å². The lowest BCUT2D eigenvalue weighted by atomic mass is 11.8. The maximum atomic E-state index is 5.59. The molecule has 0 radical (unpaired) electrons. The first-order valence-corrected chi connectivity index (χ1v) is 7.56. The van der Waals surface area contributed by atoms with Gasteiger partial charge >= 0.3 is 0 Å². The molecule has 0 aromatic heterocycles. The number of hydrogen-bond donors (Lipinski definition) is 0. The van der Waals surface area contributed by atoms with E-state index in [9.17, 15) is 0 Å². The molecule has 0 amide bonds. The molecule has 9 heteroatoms. The summed E-state index contributed by atoms with van der Waals surface area (Å²) in [7, 11) is 7.93. The largest absolute Gasteiger partial charge is 0.247 e. The van der Waals surface area contributed by atoms with Crippen LogP contribution in [-0.4, -0.2) is 6.12 Å². The van der Waals surface area contributed by atoms with Crippen molar-refractivity contribution in [3.05, 3.63) is 0 Å². The highest BCUT2D eigenvalue weighted by Crippen LogP contribution is 2.58. The third kappa shape index (κ3) is 9.10. The smallest absolute Gasteiger partial charge is 0.0751 e. The van der Waals surface area contributed by atoms with Crippen LogP contribution in [-0.2, 0) is 0 Å². The highest BCUT2D eigenvalue weighted by Gasteiger charge is 2.31. The van der Waals surface area contributed by atoms with E-state index >= 15 is 0 Å². The molecular formula is C2Cl6S3. The zero-order valence-corrected chi connectivity index (χ0v) is 11.5. The van der Waals surface area contributed by atoms with Crippen molar-refractivity contribution in [2.45, 2.75) is 6.12 Å². The summed E-state index contributed by atoms with van der Waals surface area (Å²) in [5.41, 5.74) is 0. The zero-order chi connectivity index (χ0) is 9.12. The van der Waals surface area contributed by atoms with Gasteiger partial charge in [0, 0.05) is 0 Å². The molecule has 0 nitrogen and oxygen atoms in total. The van der Waals surface area contributed by atoms with Gasteiger partial charge in [-0.3, -0.25) is 0 Å². The van der Waals surface area contributed by atoms with Gasteiger partial charge in [-0.2, -0.15) is 0 Å². The Hall–Kier alpha value is 2.79. The minimum Gasteiger partial charge on any atom is -0.0751 e. The van der Waals surface area contributed by atoms with E-state index in [0.717, 1.165) is 32.6 Å². The van der Waals surface area contributed by atoms with Crippen LogP contribution in [0.15, 0.2) is 0 Å². The van der Waals surface area contributed by atoms with Gasteiger partial charge in [-0.25, -0.2) is 0 Å². The van der Waals surface area contributed by atoms with Gasteiger partial charge in [-0.15, -0.1) is 0 Å². The van der Waals surface area contributed by atoms with Crippen LogP contribution in [0.3, 0.4) is 0 Å². The van der Waals surface area contributed by atoms with E-state index in [1.165, 1.54) is 0 Å². The molecule has 0 saturated carbocycles. The zero-order valence-electron chi connectivity index (χ0n) is 4.49. The molecule has 0 unspecified atom stereocenters. The van der Waals surface area contributed by atoms with Crippen molar-refractivity contribution in [2.75, 3.05) is 0 Å². The number of halogens is 6. The molecule has 0 aliphatic carbocycles. The molecule has 0 saturated heterocycles. The summed E-state index contributed by atoms with van der Waals surface area (Å²) in [5.74, 6) is 0. The Bertz CT molecular complexity index is 119. The Morgan fingerprint density at radius 3 is 1.55 bits per heavy atom. The fourth-order valence-electron chi connectivity index (χ4n) is 0.109. The quantitative estimate of drug-likeness (QED) is 0.371. The summed E-state index contributed by atoms with van der Waals surface area (Å²) in [5, 5.41) is 0. The van der Waals surface area contributed by atoms with E-state index in [-0.39, 0.29) is 0 Å². The van der Waals surface area contributed by atoms with Crippen molar-refractivity contribution in [1.82, 2.24) is 0 Å². The molecule has 11 heavy (non-hydrogen) atoms. The molecular weight excluding hydrogens is 333 g/mol. The fraction of sp³-hybridized carbons (Fsp3) is 1.00. The first kappa shape index (κ1) is 13.8. The Balaban J connectivity index is 3.70. The van der Waals surface area contributed by atoms with Crippen molar-refractivity contribution >= 4 is 101 Å². The van der Waals surface area contributed by atoms with Gasteiger partial charge in [0.15, 0.2) is 0 Å². The topological polar surface area (TPSA) is 0 Å². The SMILES string of the molecule is ClSC(Cl)(Cl)SSC(Cl)(Cl)Cl. The molecule has 0 N–H and O–H groups in total. The summed E-state index contributed by atoms with van der Waals surface area (Å²) < 4.78 is -2.64. The lowest BCUT2D eigenvalue weighted by molar-refractivity contribution is 1.80. The summed E-state index contributed by atoms with van der Waals surface area (Å²) >= 11 is 27.4. The van der Waals surface area contributed by atoms with E-state index in [1.54, 1.807) is 0 Å². The second-order valence-corrected chi connectivity index (χ2v) is 10.4. The summed E-state index contributed by atoms with van der Waals surface area (Å²) in [6, 6.07) is 0. The molecule has 0 aromatic carbocycles. The first-order valence-electron chi connectivity index (χ1n) is 1.88. The van der Waals surface area contributed by atoms with Gasteiger partial charge in [-0.1, -0.05) is 58.0 Å². The van der Waals surface area contributed by atoms with Gasteiger partial charge in [0.2, 0.25) is 6.12 Å². The molecule has 68 valence electrons. The van der Waals surface area contributed by atoms with Crippen LogP contribution in [0.1, 0.15) is 0 Å². The minimum atomic E-state index is -1.44. The summed E-state index contributed by atoms with van der Waals surface area (Å²) in [6.45, 7) is 0. The van der Waals surface area contributed by atoms with Gasteiger partial charge in [0.1, 0.15) is 0 Å². The van der Waals surface area contributed by atoms with E-state index < -0.39 is 6.12 Å². The lowest BCUT2D eigenvalue weighted by Crippen LogP contribution is -1.98. The average Bonchev–Trinajstić information content (AvgIpc) is 1.83. The van der Waals surface area contributed by atoms with Gasteiger partial charge < -0.3 is 0 Å². The van der Waals surface area contributed by atoms with E-state index in [4.69, 9.17) is 68.7 Å². The average molecular weight is 333 g/mol. The Morgan fingerprint density at radius 2 is 1.27 bits per heavy atom. The summed E-state index contributed by atoms with van der Waals surface area (Å²) in [6.07, 6.45) is 0. The van der Waals surface area contributed by atoms with Gasteiger partial charge in [-0.05, 0) is 43.2 Å². The molecule has 0 bridgehead atoms. The predicted octanol–water partition coefficient (Wildman–Crippen LogP) is 5.67. The summed E-state index contributed by atoms with van der Waals surface area (Å²) in [4.78, 5) is 0. The molecule has 0 atom stereocenters. The molecule has 0 heterocycles. The van der Waals surface area contributed by atoms with Crippen molar-refractivity contribution in [3.63, 3.8) is 0 Å². The second kappa shape index (κ2) is 5.62. The standard InChI is InChI=1S/C2Cl6S3/c3-1(4,5)10-11-2(6,7)9-8. The van der Waals surface area contributed by atoms with E-state index in [2.05, 4.69) is 0 Å². The van der Waals surface area contributed by atoms with Crippen LogP contribution in [0.4, 0.5) is 0 Å². The van der Waals surface area contributed by atoms with E-state index in [0.29, 0.717) is 0 Å². The highest BCUT2D eigenvalue weighted by molar-refractivity contribution is 8.81. The lowest BCUT2D eigenvalue weighted by Gasteiger charge is -2.16. The van der Waals surface area contributed by atoms with Crippen LogP contribution in [0.5, 0.6) is 0 Å². The molecule has 0 rings (SSSR count). The monoisotopic (exact) mass is 330 g/mol. The maximum absolute atomic E-state index is 5.59. The molecule has 0 aliphatic heterocycles.